The van der Waals surface area contributed by atoms with Crippen molar-refractivity contribution in [1.29, 1.82) is 0 Å². The van der Waals surface area contributed by atoms with Crippen molar-refractivity contribution in [1.82, 2.24) is 20.2 Å². The van der Waals surface area contributed by atoms with Gasteiger partial charge in [0.25, 0.3) is 5.91 Å². The molecule has 0 fully saturated rings. The summed E-state index contributed by atoms with van der Waals surface area (Å²) in [6, 6.07) is 15.2. The third-order valence-electron chi connectivity index (χ3n) is 3.40. The number of hydrogen-bond donors (Lipinski definition) is 1. The number of aryl methyl sites for hydroxylation is 1. The fourth-order valence-corrected chi connectivity index (χ4v) is 2.46. The summed E-state index contributed by atoms with van der Waals surface area (Å²) < 4.78 is 2.74. The van der Waals surface area contributed by atoms with Gasteiger partial charge in [-0.15, -0.1) is 0 Å². The normalized spacial score (nSPS) is 11.0. The number of rotatable bonds is 5. The lowest BCUT2D eigenvalue weighted by molar-refractivity contribution is 0.0949. The average Bonchev–Trinajstić information content (AvgIpc) is 3.06. The van der Waals surface area contributed by atoms with Crippen LogP contribution in [-0.2, 0) is 6.54 Å². The molecule has 6 nitrogen and oxygen atoms in total. The molecule has 0 atom stereocenters. The Bertz CT molecular complexity index is 902. The zero-order valence-electron chi connectivity index (χ0n) is 13.6. The number of hydrogen-bond acceptors (Lipinski definition) is 4. The number of nitrogens with one attached hydrogen (secondary N) is 1. The maximum Gasteiger partial charge on any atom is 0.291 e. The Morgan fingerprint density at radius 1 is 1.24 bits per heavy atom. The van der Waals surface area contributed by atoms with Crippen molar-refractivity contribution >= 4 is 28.1 Å². The number of benzene rings is 1. The van der Waals surface area contributed by atoms with Gasteiger partial charge in [0.1, 0.15) is 0 Å². The average molecular weight is 398 g/mol. The summed E-state index contributed by atoms with van der Waals surface area (Å²) in [4.78, 5) is 16.4. The van der Waals surface area contributed by atoms with Gasteiger partial charge in [0.2, 0.25) is 0 Å². The summed E-state index contributed by atoms with van der Waals surface area (Å²) in [5.41, 5.74) is 5.44. The standard InChI is InChI=1S/C18H16BrN5O/c1-13-3-2-4-16(21-13)11-20-22-18(25)17-9-10-24(23-17)12-14-5-7-15(19)8-6-14/h2-11H,12H2,1H3,(H,22,25). The van der Waals surface area contributed by atoms with E-state index in [0.717, 1.165) is 15.7 Å². The van der Waals surface area contributed by atoms with Crippen LogP contribution in [0.25, 0.3) is 0 Å². The van der Waals surface area contributed by atoms with Crippen LogP contribution in [-0.4, -0.2) is 26.9 Å². The Balaban J connectivity index is 1.59. The summed E-state index contributed by atoms with van der Waals surface area (Å²) in [6.07, 6.45) is 3.27. The second-order valence-corrected chi connectivity index (χ2v) is 6.34. The molecule has 1 N–H and O–H groups in total. The molecular formula is C18H16BrN5O. The predicted octanol–water partition coefficient (Wildman–Crippen LogP) is 3.16. The lowest BCUT2D eigenvalue weighted by atomic mass is 10.2. The zero-order valence-corrected chi connectivity index (χ0v) is 15.1. The number of nitrogens with zero attached hydrogens (tertiary/aromatic N) is 4. The second-order valence-electron chi connectivity index (χ2n) is 5.43. The van der Waals surface area contributed by atoms with Crippen LogP contribution in [0.2, 0.25) is 0 Å². The molecule has 0 bridgehead atoms. The van der Waals surface area contributed by atoms with Crippen LogP contribution in [0.5, 0.6) is 0 Å². The van der Waals surface area contributed by atoms with Crippen molar-refractivity contribution in [2.75, 3.05) is 0 Å². The van der Waals surface area contributed by atoms with Crippen molar-refractivity contribution in [2.24, 2.45) is 5.10 Å². The molecule has 0 aliphatic rings. The van der Waals surface area contributed by atoms with Crippen LogP contribution in [0.3, 0.4) is 0 Å². The summed E-state index contributed by atoms with van der Waals surface area (Å²) >= 11 is 3.41. The molecule has 0 spiro atoms. The SMILES string of the molecule is Cc1cccc(C=NNC(=O)c2ccn(Cc3ccc(Br)cc3)n2)n1. The molecule has 3 aromatic rings. The highest BCUT2D eigenvalue weighted by Gasteiger charge is 2.08. The summed E-state index contributed by atoms with van der Waals surface area (Å²) in [7, 11) is 0. The highest BCUT2D eigenvalue weighted by atomic mass is 79.9. The van der Waals surface area contributed by atoms with E-state index in [2.05, 4.69) is 36.5 Å². The number of hydrazone groups is 1. The van der Waals surface area contributed by atoms with Crippen LogP contribution < -0.4 is 5.43 Å². The molecule has 2 aromatic heterocycles. The summed E-state index contributed by atoms with van der Waals surface area (Å²) in [5.74, 6) is -0.363. The lowest BCUT2D eigenvalue weighted by Gasteiger charge is -2.02. The molecule has 0 saturated heterocycles. The van der Waals surface area contributed by atoms with Crippen molar-refractivity contribution in [2.45, 2.75) is 13.5 Å². The van der Waals surface area contributed by atoms with Crippen molar-refractivity contribution in [3.8, 4) is 0 Å². The van der Waals surface area contributed by atoms with Crippen molar-refractivity contribution in [3.63, 3.8) is 0 Å². The Kier molecular flexibility index (Phi) is 5.35. The number of pyridine rings is 1. The van der Waals surface area contributed by atoms with E-state index in [1.54, 1.807) is 16.9 Å². The van der Waals surface area contributed by atoms with Gasteiger partial charge >= 0.3 is 0 Å². The molecular weight excluding hydrogens is 382 g/mol. The maximum absolute atomic E-state index is 12.1. The van der Waals surface area contributed by atoms with E-state index in [9.17, 15) is 4.79 Å². The molecule has 126 valence electrons. The molecule has 0 aliphatic heterocycles. The minimum atomic E-state index is -0.363. The molecule has 25 heavy (non-hydrogen) atoms. The van der Waals surface area contributed by atoms with Gasteiger partial charge in [-0.25, -0.2) is 5.43 Å². The van der Waals surface area contributed by atoms with E-state index >= 15 is 0 Å². The Hall–Kier alpha value is -2.80. The van der Waals surface area contributed by atoms with Gasteiger partial charge in [-0.1, -0.05) is 34.1 Å². The largest absolute Gasteiger partial charge is 0.291 e. The number of carbonyl (C=O) groups is 1. The summed E-state index contributed by atoms with van der Waals surface area (Å²) in [5, 5.41) is 8.19. The van der Waals surface area contributed by atoms with Crippen LogP contribution in [0.4, 0.5) is 0 Å². The monoisotopic (exact) mass is 397 g/mol. The number of amides is 1. The van der Waals surface area contributed by atoms with Gasteiger partial charge in [-0.3, -0.25) is 14.5 Å². The minimum Gasteiger partial charge on any atom is -0.268 e. The Morgan fingerprint density at radius 2 is 2.04 bits per heavy atom. The van der Waals surface area contributed by atoms with Crippen LogP contribution in [0.15, 0.2) is 64.3 Å². The number of aromatic nitrogens is 3. The van der Waals surface area contributed by atoms with Crippen LogP contribution in [0.1, 0.15) is 27.4 Å². The zero-order chi connectivity index (χ0) is 17.6. The molecule has 2 heterocycles. The fourth-order valence-electron chi connectivity index (χ4n) is 2.20. The van der Waals surface area contributed by atoms with E-state index in [1.165, 1.54) is 6.21 Å². The quantitative estimate of drug-likeness (QED) is 0.530. The van der Waals surface area contributed by atoms with Gasteiger partial charge in [0.05, 0.1) is 18.5 Å². The molecule has 0 radical (unpaired) electrons. The van der Waals surface area contributed by atoms with Gasteiger partial charge in [0, 0.05) is 16.4 Å². The number of carbonyl (C=O) groups excluding carboxylic acids is 1. The fraction of sp³-hybridized carbons (Fsp3) is 0.111. The first-order chi connectivity index (χ1) is 12.1. The van der Waals surface area contributed by atoms with Gasteiger partial charge in [0.15, 0.2) is 5.69 Å². The first-order valence-electron chi connectivity index (χ1n) is 7.65. The van der Waals surface area contributed by atoms with E-state index in [4.69, 9.17) is 0 Å². The molecule has 3 rings (SSSR count). The molecule has 1 amide bonds. The maximum atomic E-state index is 12.1. The lowest BCUT2D eigenvalue weighted by Crippen LogP contribution is -2.18. The van der Waals surface area contributed by atoms with E-state index in [1.807, 2.05) is 49.4 Å². The third kappa shape index (κ3) is 4.84. The van der Waals surface area contributed by atoms with Crippen molar-refractivity contribution < 1.29 is 4.79 Å². The van der Waals surface area contributed by atoms with Crippen LogP contribution >= 0.6 is 15.9 Å². The molecule has 0 aliphatic carbocycles. The smallest absolute Gasteiger partial charge is 0.268 e. The first-order valence-corrected chi connectivity index (χ1v) is 8.44. The Labute approximate surface area is 153 Å². The number of halogens is 1. The first kappa shape index (κ1) is 17.0. The van der Waals surface area contributed by atoms with E-state index < -0.39 is 0 Å². The highest BCUT2D eigenvalue weighted by Crippen LogP contribution is 2.11. The van der Waals surface area contributed by atoms with Crippen molar-refractivity contribution in [3.05, 3.63) is 81.8 Å². The molecule has 0 unspecified atom stereocenters. The molecule has 0 saturated carbocycles. The summed E-state index contributed by atoms with van der Waals surface area (Å²) in [6.45, 7) is 2.49. The molecule has 7 heteroatoms. The topological polar surface area (TPSA) is 72.2 Å². The van der Waals surface area contributed by atoms with E-state index in [-0.39, 0.29) is 5.91 Å². The molecule has 1 aromatic carbocycles. The Morgan fingerprint density at radius 3 is 2.80 bits per heavy atom. The highest BCUT2D eigenvalue weighted by molar-refractivity contribution is 9.10. The van der Waals surface area contributed by atoms with Gasteiger partial charge in [-0.2, -0.15) is 10.2 Å². The van der Waals surface area contributed by atoms with Crippen LogP contribution in [0, 0.1) is 6.92 Å². The van der Waals surface area contributed by atoms with Gasteiger partial charge < -0.3 is 0 Å². The predicted molar refractivity (Wildman–Crippen MR) is 99.5 cm³/mol. The van der Waals surface area contributed by atoms with Gasteiger partial charge in [-0.05, 0) is 42.8 Å². The third-order valence-corrected chi connectivity index (χ3v) is 3.93. The second kappa shape index (κ2) is 7.85. The minimum absolute atomic E-state index is 0.312. The van der Waals surface area contributed by atoms with E-state index in [0.29, 0.717) is 17.9 Å².